The van der Waals surface area contributed by atoms with Gasteiger partial charge >= 0.3 is 0 Å². The fourth-order valence-electron chi connectivity index (χ4n) is 1.76. The van der Waals surface area contributed by atoms with Gasteiger partial charge in [-0.05, 0) is 24.5 Å². The van der Waals surface area contributed by atoms with Gasteiger partial charge in [0, 0.05) is 6.42 Å². The predicted molar refractivity (Wildman–Crippen MR) is 56.8 cm³/mol. The van der Waals surface area contributed by atoms with E-state index < -0.39 is 0 Å². The van der Waals surface area contributed by atoms with Crippen LogP contribution in [0.2, 0.25) is 0 Å². The fraction of sp³-hybridized carbons (Fsp3) is 0.250. The first kappa shape index (κ1) is 8.24. The zero-order valence-corrected chi connectivity index (χ0v) is 7.88. The van der Waals surface area contributed by atoms with Crippen LogP contribution < -0.4 is 0 Å². The summed E-state index contributed by atoms with van der Waals surface area (Å²) in [5.74, 6) is 0. The van der Waals surface area contributed by atoms with Crippen LogP contribution in [0.1, 0.15) is 19.8 Å². The normalized spacial score (nSPS) is 20.7. The van der Waals surface area contributed by atoms with Crippen LogP contribution in [-0.4, -0.2) is 5.71 Å². The Morgan fingerprint density at radius 2 is 2.38 bits per heavy atom. The van der Waals surface area contributed by atoms with E-state index in [1.54, 1.807) is 0 Å². The van der Waals surface area contributed by atoms with Gasteiger partial charge in [-0.2, -0.15) is 0 Å². The van der Waals surface area contributed by atoms with Crippen LogP contribution in [0.25, 0.3) is 0 Å². The summed E-state index contributed by atoms with van der Waals surface area (Å²) in [5.41, 5.74) is 4.89. The van der Waals surface area contributed by atoms with E-state index in [0.29, 0.717) is 0 Å². The first-order chi connectivity index (χ1) is 6.35. The fourth-order valence-corrected chi connectivity index (χ4v) is 1.76. The molecule has 1 heterocycles. The Morgan fingerprint density at radius 3 is 3.00 bits per heavy atom. The lowest BCUT2D eigenvalue weighted by molar-refractivity contribution is 1.35. The molecule has 2 rings (SSSR count). The zero-order chi connectivity index (χ0) is 9.26. The molecule has 0 bridgehead atoms. The lowest BCUT2D eigenvalue weighted by atomic mass is 10.1. The Kier molecular flexibility index (Phi) is 2.01. The van der Waals surface area contributed by atoms with Gasteiger partial charge in [-0.1, -0.05) is 30.9 Å². The molecule has 0 N–H and O–H groups in total. The van der Waals surface area contributed by atoms with Gasteiger partial charge in [0.25, 0.3) is 0 Å². The van der Waals surface area contributed by atoms with Crippen molar-refractivity contribution in [3.05, 3.63) is 47.7 Å². The molecule has 0 unspecified atom stereocenters. The summed E-state index contributed by atoms with van der Waals surface area (Å²) in [5, 5.41) is 0. The quantitative estimate of drug-likeness (QED) is 0.566. The Labute approximate surface area is 78.9 Å². The predicted octanol–water partition coefficient (Wildman–Crippen LogP) is 3.18. The van der Waals surface area contributed by atoms with Crippen molar-refractivity contribution in [1.82, 2.24) is 0 Å². The molecular weight excluding hydrogens is 158 g/mol. The van der Waals surface area contributed by atoms with Crippen molar-refractivity contribution in [2.75, 3.05) is 0 Å². The van der Waals surface area contributed by atoms with Gasteiger partial charge in [0.15, 0.2) is 0 Å². The van der Waals surface area contributed by atoms with Crippen LogP contribution in [0, 0.1) is 0 Å². The molecule has 0 amide bonds. The zero-order valence-electron chi connectivity index (χ0n) is 7.88. The first-order valence-electron chi connectivity index (χ1n) is 4.61. The molecule has 1 aliphatic carbocycles. The van der Waals surface area contributed by atoms with Crippen molar-refractivity contribution in [1.29, 1.82) is 0 Å². The van der Waals surface area contributed by atoms with Gasteiger partial charge in [0.1, 0.15) is 0 Å². The van der Waals surface area contributed by atoms with Crippen molar-refractivity contribution >= 4 is 5.71 Å². The molecule has 2 aliphatic rings. The second-order valence-corrected chi connectivity index (χ2v) is 3.24. The van der Waals surface area contributed by atoms with Crippen LogP contribution in [0.15, 0.2) is 52.7 Å². The SMILES string of the molecule is C=C/C(=C\C)C1=NC2=CCC=C2C1. The summed E-state index contributed by atoms with van der Waals surface area (Å²) in [6.07, 6.45) is 10.4. The smallest absolute Gasteiger partial charge is 0.0629 e. The molecule has 0 saturated heterocycles. The summed E-state index contributed by atoms with van der Waals surface area (Å²) >= 11 is 0. The molecule has 0 aromatic heterocycles. The van der Waals surface area contributed by atoms with Crippen LogP contribution in [0.5, 0.6) is 0 Å². The summed E-state index contributed by atoms with van der Waals surface area (Å²) in [4.78, 5) is 4.56. The Morgan fingerprint density at radius 1 is 1.54 bits per heavy atom. The van der Waals surface area contributed by atoms with E-state index in [1.165, 1.54) is 11.3 Å². The molecule has 0 spiro atoms. The number of nitrogens with zero attached hydrogens (tertiary/aromatic N) is 1. The maximum Gasteiger partial charge on any atom is 0.0629 e. The molecule has 1 heteroatoms. The third kappa shape index (κ3) is 1.31. The van der Waals surface area contributed by atoms with E-state index in [4.69, 9.17) is 0 Å². The number of hydrogen-bond donors (Lipinski definition) is 0. The summed E-state index contributed by atoms with van der Waals surface area (Å²) in [7, 11) is 0. The van der Waals surface area contributed by atoms with Crippen LogP contribution in [-0.2, 0) is 0 Å². The minimum atomic E-state index is 0.984. The average Bonchev–Trinajstić information content (AvgIpc) is 2.65. The second kappa shape index (κ2) is 3.17. The minimum absolute atomic E-state index is 0.984. The van der Waals surface area contributed by atoms with Gasteiger partial charge in [-0.3, -0.25) is 4.99 Å². The maximum absolute atomic E-state index is 4.56. The summed E-state index contributed by atoms with van der Waals surface area (Å²) in [6, 6.07) is 0. The Hall–Kier alpha value is -1.37. The molecule has 0 aromatic rings. The third-order valence-electron chi connectivity index (χ3n) is 2.48. The molecule has 13 heavy (non-hydrogen) atoms. The van der Waals surface area contributed by atoms with Gasteiger partial charge in [-0.25, -0.2) is 0 Å². The molecule has 1 nitrogen and oxygen atoms in total. The molecule has 0 atom stereocenters. The highest BCUT2D eigenvalue weighted by atomic mass is 14.8. The Bertz CT molecular complexity index is 365. The van der Waals surface area contributed by atoms with E-state index in [9.17, 15) is 0 Å². The van der Waals surface area contributed by atoms with Crippen molar-refractivity contribution < 1.29 is 0 Å². The minimum Gasteiger partial charge on any atom is -0.253 e. The number of allylic oxidation sites excluding steroid dienone is 6. The monoisotopic (exact) mass is 171 g/mol. The highest BCUT2D eigenvalue weighted by Gasteiger charge is 2.20. The first-order valence-corrected chi connectivity index (χ1v) is 4.61. The van der Waals surface area contributed by atoms with E-state index in [1.807, 2.05) is 13.0 Å². The van der Waals surface area contributed by atoms with Crippen molar-refractivity contribution in [3.8, 4) is 0 Å². The topological polar surface area (TPSA) is 12.4 Å². The lowest BCUT2D eigenvalue weighted by Crippen LogP contribution is -1.95. The third-order valence-corrected chi connectivity index (χ3v) is 2.48. The molecule has 0 fully saturated rings. The standard InChI is InChI=1S/C12H13N/c1-3-9(4-2)12-8-10-6-5-7-11(10)13-12/h3-4,6-7H,1,5,8H2,2H3/b9-4+. The largest absolute Gasteiger partial charge is 0.253 e. The van der Waals surface area contributed by atoms with Gasteiger partial charge < -0.3 is 0 Å². The highest BCUT2D eigenvalue weighted by Crippen LogP contribution is 2.31. The van der Waals surface area contributed by atoms with Gasteiger partial charge in [0.05, 0.1) is 11.4 Å². The van der Waals surface area contributed by atoms with Gasteiger partial charge in [-0.15, -0.1) is 0 Å². The molecule has 0 saturated carbocycles. The number of rotatable bonds is 2. The van der Waals surface area contributed by atoms with Crippen LogP contribution in [0.4, 0.5) is 0 Å². The van der Waals surface area contributed by atoms with E-state index in [0.717, 1.165) is 24.1 Å². The van der Waals surface area contributed by atoms with Crippen LogP contribution >= 0.6 is 0 Å². The summed E-state index contributed by atoms with van der Waals surface area (Å²) in [6.45, 7) is 5.81. The lowest BCUT2D eigenvalue weighted by Gasteiger charge is -1.98. The number of fused-ring (bicyclic) bond motifs is 1. The molecule has 0 aromatic carbocycles. The van der Waals surface area contributed by atoms with Crippen molar-refractivity contribution in [2.45, 2.75) is 19.8 Å². The van der Waals surface area contributed by atoms with Crippen LogP contribution in [0.3, 0.4) is 0 Å². The van der Waals surface area contributed by atoms with Crippen molar-refractivity contribution in [3.63, 3.8) is 0 Å². The Balaban J connectivity index is 2.30. The maximum atomic E-state index is 4.56. The highest BCUT2D eigenvalue weighted by molar-refractivity contribution is 6.07. The van der Waals surface area contributed by atoms with E-state index in [-0.39, 0.29) is 0 Å². The molecule has 1 aliphatic heterocycles. The molecular formula is C12H13N. The molecule has 66 valence electrons. The van der Waals surface area contributed by atoms with Crippen molar-refractivity contribution in [2.24, 2.45) is 4.99 Å². The second-order valence-electron chi connectivity index (χ2n) is 3.24. The van der Waals surface area contributed by atoms with Gasteiger partial charge in [0.2, 0.25) is 0 Å². The molecule has 0 radical (unpaired) electrons. The number of aliphatic imine (C=N–C) groups is 1. The number of hydrogen-bond acceptors (Lipinski definition) is 1. The van der Waals surface area contributed by atoms with E-state index >= 15 is 0 Å². The summed E-state index contributed by atoms with van der Waals surface area (Å²) < 4.78 is 0. The van der Waals surface area contributed by atoms with E-state index in [2.05, 4.69) is 29.8 Å². The average molecular weight is 171 g/mol.